The number of hydrogen-bond acceptors (Lipinski definition) is 2. The monoisotopic (exact) mass is 274 g/mol. The summed E-state index contributed by atoms with van der Waals surface area (Å²) in [5.41, 5.74) is 7.24. The van der Waals surface area contributed by atoms with E-state index in [1.165, 1.54) is 18.4 Å². The van der Waals surface area contributed by atoms with Gasteiger partial charge >= 0.3 is 0 Å². The molecule has 1 amide bonds. The van der Waals surface area contributed by atoms with Gasteiger partial charge in [-0.05, 0) is 50.0 Å². The Morgan fingerprint density at radius 2 is 1.90 bits per heavy atom. The molecule has 1 unspecified atom stereocenters. The molecule has 2 rings (SSSR count). The fraction of sp³-hybridized carbons (Fsp3) is 0.588. The molecule has 1 aliphatic carbocycles. The average Bonchev–Trinajstić information content (AvgIpc) is 2.48. The molecule has 3 nitrogen and oxygen atoms in total. The molecule has 1 aliphatic rings. The number of carbonyl (C=O) groups is 1. The van der Waals surface area contributed by atoms with Crippen molar-refractivity contribution in [1.29, 1.82) is 0 Å². The summed E-state index contributed by atoms with van der Waals surface area (Å²) in [5.74, 6) is 0.815. The number of benzene rings is 1. The van der Waals surface area contributed by atoms with E-state index in [2.05, 4.69) is 24.4 Å². The third-order valence-electron chi connectivity index (χ3n) is 4.29. The average molecular weight is 274 g/mol. The van der Waals surface area contributed by atoms with Crippen LogP contribution in [0.15, 0.2) is 30.3 Å². The van der Waals surface area contributed by atoms with Gasteiger partial charge in [0.2, 0.25) is 5.91 Å². The molecule has 0 heterocycles. The highest BCUT2D eigenvalue weighted by Gasteiger charge is 2.22. The largest absolute Gasteiger partial charge is 0.352 e. The summed E-state index contributed by atoms with van der Waals surface area (Å²) in [4.78, 5) is 12.1. The van der Waals surface area contributed by atoms with E-state index in [1.54, 1.807) is 0 Å². The van der Waals surface area contributed by atoms with Crippen molar-refractivity contribution in [2.45, 2.75) is 57.5 Å². The van der Waals surface area contributed by atoms with Gasteiger partial charge in [0.25, 0.3) is 0 Å². The standard InChI is InChI=1S/C17H26N2O/c1-13-7-10-15(11-8-13)19-17(20)16(18)12-9-14-5-3-2-4-6-14/h2-6,13,15-16H,7-12,18H2,1H3,(H,19,20). The summed E-state index contributed by atoms with van der Waals surface area (Å²) in [6, 6.07) is 10.1. The normalized spacial score (nSPS) is 24.1. The van der Waals surface area contributed by atoms with Crippen LogP contribution in [-0.2, 0) is 11.2 Å². The lowest BCUT2D eigenvalue weighted by molar-refractivity contribution is -0.123. The molecule has 3 N–H and O–H groups in total. The second-order valence-electron chi connectivity index (χ2n) is 6.10. The van der Waals surface area contributed by atoms with Crippen molar-refractivity contribution >= 4 is 5.91 Å². The fourth-order valence-corrected chi connectivity index (χ4v) is 2.81. The van der Waals surface area contributed by atoms with Gasteiger partial charge in [0.15, 0.2) is 0 Å². The Bertz CT molecular complexity index is 410. The molecule has 0 spiro atoms. The van der Waals surface area contributed by atoms with Gasteiger partial charge in [-0.1, -0.05) is 37.3 Å². The molecule has 1 fully saturated rings. The van der Waals surface area contributed by atoms with E-state index >= 15 is 0 Å². The summed E-state index contributed by atoms with van der Waals surface area (Å²) >= 11 is 0. The molecule has 1 aromatic carbocycles. The predicted octanol–water partition coefficient (Wildman–Crippen LogP) is 2.64. The second-order valence-corrected chi connectivity index (χ2v) is 6.10. The van der Waals surface area contributed by atoms with Crippen LogP contribution < -0.4 is 11.1 Å². The van der Waals surface area contributed by atoms with Gasteiger partial charge in [-0.25, -0.2) is 0 Å². The smallest absolute Gasteiger partial charge is 0.237 e. The van der Waals surface area contributed by atoms with Crippen LogP contribution in [-0.4, -0.2) is 18.0 Å². The summed E-state index contributed by atoms with van der Waals surface area (Å²) in [7, 11) is 0. The summed E-state index contributed by atoms with van der Waals surface area (Å²) in [5, 5.41) is 3.11. The van der Waals surface area contributed by atoms with Crippen molar-refractivity contribution in [3.05, 3.63) is 35.9 Å². The minimum absolute atomic E-state index is 0.0143. The van der Waals surface area contributed by atoms with Gasteiger partial charge in [0.1, 0.15) is 0 Å². The Balaban J connectivity index is 1.72. The van der Waals surface area contributed by atoms with Crippen molar-refractivity contribution in [3.63, 3.8) is 0 Å². The lowest BCUT2D eigenvalue weighted by Crippen LogP contribution is -2.46. The Hall–Kier alpha value is -1.35. The number of aryl methyl sites for hydroxylation is 1. The van der Waals surface area contributed by atoms with Crippen LogP contribution in [0.4, 0.5) is 0 Å². The van der Waals surface area contributed by atoms with Crippen LogP contribution >= 0.6 is 0 Å². The van der Waals surface area contributed by atoms with Crippen molar-refractivity contribution in [3.8, 4) is 0 Å². The van der Waals surface area contributed by atoms with Gasteiger partial charge in [0, 0.05) is 6.04 Å². The number of hydrogen-bond donors (Lipinski definition) is 2. The lowest BCUT2D eigenvalue weighted by atomic mass is 9.87. The summed E-state index contributed by atoms with van der Waals surface area (Å²) in [6.45, 7) is 2.28. The molecular weight excluding hydrogens is 248 g/mol. The maximum Gasteiger partial charge on any atom is 0.237 e. The van der Waals surface area contributed by atoms with Gasteiger partial charge < -0.3 is 11.1 Å². The van der Waals surface area contributed by atoms with E-state index in [9.17, 15) is 4.79 Å². The zero-order valence-corrected chi connectivity index (χ0v) is 12.3. The predicted molar refractivity (Wildman–Crippen MR) is 82.3 cm³/mol. The number of rotatable bonds is 5. The van der Waals surface area contributed by atoms with E-state index in [0.29, 0.717) is 12.5 Å². The van der Waals surface area contributed by atoms with Crippen molar-refractivity contribution < 1.29 is 4.79 Å². The molecule has 0 bridgehead atoms. The first-order valence-electron chi connectivity index (χ1n) is 7.75. The van der Waals surface area contributed by atoms with Crippen molar-refractivity contribution in [1.82, 2.24) is 5.32 Å². The highest BCUT2D eigenvalue weighted by atomic mass is 16.2. The van der Waals surface area contributed by atoms with Crippen LogP contribution in [0.25, 0.3) is 0 Å². The Morgan fingerprint density at radius 3 is 2.55 bits per heavy atom. The highest BCUT2D eigenvalue weighted by Crippen LogP contribution is 2.23. The maximum atomic E-state index is 12.1. The first kappa shape index (κ1) is 15.0. The molecule has 0 saturated heterocycles. The zero-order valence-electron chi connectivity index (χ0n) is 12.3. The maximum absolute atomic E-state index is 12.1. The topological polar surface area (TPSA) is 55.1 Å². The van der Waals surface area contributed by atoms with E-state index < -0.39 is 6.04 Å². The van der Waals surface area contributed by atoms with Crippen LogP contribution in [0.2, 0.25) is 0 Å². The molecule has 3 heteroatoms. The lowest BCUT2D eigenvalue weighted by Gasteiger charge is -2.27. The Morgan fingerprint density at radius 1 is 1.25 bits per heavy atom. The first-order chi connectivity index (χ1) is 9.65. The van der Waals surface area contributed by atoms with Crippen LogP contribution in [0, 0.1) is 5.92 Å². The van der Waals surface area contributed by atoms with E-state index in [0.717, 1.165) is 25.2 Å². The Kier molecular flexibility index (Phi) is 5.60. The van der Waals surface area contributed by atoms with Crippen LogP contribution in [0.5, 0.6) is 0 Å². The molecule has 110 valence electrons. The van der Waals surface area contributed by atoms with Gasteiger partial charge in [-0.15, -0.1) is 0 Å². The summed E-state index contributed by atoms with van der Waals surface area (Å²) in [6.07, 6.45) is 6.18. The second kappa shape index (κ2) is 7.44. The minimum Gasteiger partial charge on any atom is -0.352 e. The van der Waals surface area contributed by atoms with Crippen molar-refractivity contribution in [2.24, 2.45) is 11.7 Å². The molecule has 1 saturated carbocycles. The Labute approximate surface area is 121 Å². The van der Waals surface area contributed by atoms with Crippen molar-refractivity contribution in [2.75, 3.05) is 0 Å². The number of nitrogens with two attached hydrogens (primary N) is 1. The number of carbonyl (C=O) groups excluding carboxylic acids is 1. The molecule has 0 radical (unpaired) electrons. The van der Waals surface area contributed by atoms with Crippen LogP contribution in [0.1, 0.15) is 44.6 Å². The summed E-state index contributed by atoms with van der Waals surface area (Å²) < 4.78 is 0. The molecular formula is C17H26N2O. The van der Waals surface area contributed by atoms with Gasteiger partial charge in [0.05, 0.1) is 6.04 Å². The number of nitrogens with one attached hydrogen (secondary N) is 1. The minimum atomic E-state index is -0.394. The quantitative estimate of drug-likeness (QED) is 0.867. The zero-order chi connectivity index (χ0) is 14.4. The van der Waals surface area contributed by atoms with Crippen LogP contribution in [0.3, 0.4) is 0 Å². The molecule has 1 aromatic rings. The highest BCUT2D eigenvalue weighted by molar-refractivity contribution is 5.81. The first-order valence-corrected chi connectivity index (χ1v) is 7.75. The molecule has 0 aromatic heterocycles. The van der Waals surface area contributed by atoms with Gasteiger partial charge in [-0.2, -0.15) is 0 Å². The number of amides is 1. The molecule has 20 heavy (non-hydrogen) atoms. The van der Waals surface area contributed by atoms with E-state index in [-0.39, 0.29) is 5.91 Å². The fourth-order valence-electron chi connectivity index (χ4n) is 2.81. The van der Waals surface area contributed by atoms with E-state index in [1.807, 2.05) is 18.2 Å². The molecule has 1 atom stereocenters. The van der Waals surface area contributed by atoms with E-state index in [4.69, 9.17) is 5.73 Å². The molecule has 0 aliphatic heterocycles. The third kappa shape index (κ3) is 4.64. The van der Waals surface area contributed by atoms with Gasteiger partial charge in [-0.3, -0.25) is 4.79 Å². The SMILES string of the molecule is CC1CCC(NC(=O)C(N)CCc2ccccc2)CC1. The third-order valence-corrected chi connectivity index (χ3v) is 4.29.